The van der Waals surface area contributed by atoms with Crippen LogP contribution in [0, 0.1) is 11.3 Å². The maximum Gasteiger partial charge on any atom is 0.234 e. The Bertz CT molecular complexity index is 1200. The van der Waals surface area contributed by atoms with Crippen LogP contribution in [0.4, 0.5) is 0 Å². The molecule has 0 aliphatic rings. The van der Waals surface area contributed by atoms with E-state index in [2.05, 4.69) is 15.3 Å². The largest absolute Gasteiger partial charge is 0.349 e. The van der Waals surface area contributed by atoms with Gasteiger partial charge in [-0.1, -0.05) is 29.5 Å². The first-order valence-corrected chi connectivity index (χ1v) is 9.21. The van der Waals surface area contributed by atoms with Crippen molar-refractivity contribution in [3.8, 4) is 16.6 Å². The lowest BCUT2D eigenvalue weighted by Gasteiger charge is -2.14. The molecule has 8 heteroatoms. The zero-order valence-electron chi connectivity index (χ0n) is 14.8. The quantitative estimate of drug-likeness (QED) is 0.589. The number of hydrogen-bond acceptors (Lipinski definition) is 6. The van der Waals surface area contributed by atoms with Crippen molar-refractivity contribution >= 4 is 38.6 Å². The van der Waals surface area contributed by atoms with Crippen LogP contribution in [0.5, 0.6) is 0 Å². The Morgan fingerprint density at radius 3 is 3.07 bits per heavy atom. The molecule has 1 amide bonds. The van der Waals surface area contributed by atoms with Crippen molar-refractivity contribution in [1.29, 1.82) is 5.26 Å². The predicted molar refractivity (Wildman–Crippen MR) is 104 cm³/mol. The molecule has 1 atom stereocenters. The second kappa shape index (κ2) is 6.78. The van der Waals surface area contributed by atoms with E-state index >= 15 is 0 Å². The molecular formula is C19H16N6OS. The highest BCUT2D eigenvalue weighted by molar-refractivity contribution is 7.21. The fraction of sp³-hybridized carbons (Fsp3) is 0.211. The van der Waals surface area contributed by atoms with Crippen LogP contribution in [0.3, 0.4) is 0 Å². The minimum Gasteiger partial charge on any atom is -0.349 e. The smallest absolute Gasteiger partial charge is 0.234 e. The van der Waals surface area contributed by atoms with Crippen LogP contribution in [0.1, 0.15) is 24.9 Å². The molecule has 0 spiro atoms. The molecule has 0 unspecified atom stereocenters. The second-order valence-electron chi connectivity index (χ2n) is 6.27. The lowest BCUT2D eigenvalue weighted by atomic mass is 10.1. The van der Waals surface area contributed by atoms with Crippen molar-refractivity contribution in [3.63, 3.8) is 0 Å². The van der Waals surface area contributed by atoms with Crippen LogP contribution >= 0.6 is 11.3 Å². The van der Waals surface area contributed by atoms with Gasteiger partial charge in [0.05, 0.1) is 30.2 Å². The van der Waals surface area contributed by atoms with Gasteiger partial charge in [-0.2, -0.15) is 5.26 Å². The van der Waals surface area contributed by atoms with Crippen molar-refractivity contribution in [2.24, 2.45) is 7.05 Å². The van der Waals surface area contributed by atoms with Crippen LogP contribution in [0.15, 0.2) is 36.8 Å². The first-order valence-electron chi connectivity index (χ1n) is 8.40. The number of nitrogens with one attached hydrogen (secondary N) is 1. The molecule has 0 radical (unpaired) electrons. The van der Waals surface area contributed by atoms with Gasteiger partial charge in [0.2, 0.25) is 5.91 Å². The maximum atomic E-state index is 11.7. The molecule has 1 N–H and O–H groups in total. The normalized spacial score (nSPS) is 12.2. The molecule has 27 heavy (non-hydrogen) atoms. The number of carbonyl (C=O) groups excluding carboxylic acids is 1. The number of benzene rings is 1. The number of thiazole rings is 1. The van der Waals surface area contributed by atoms with E-state index in [9.17, 15) is 4.79 Å². The van der Waals surface area contributed by atoms with Gasteiger partial charge < -0.3 is 9.88 Å². The SMILES string of the molecule is C[C@H](NC(=O)CC#N)c1cccc(-c2nc3c(ncc4ncn(C)c43)s2)c1. The highest BCUT2D eigenvalue weighted by Crippen LogP contribution is 2.33. The fourth-order valence-electron chi connectivity index (χ4n) is 3.02. The summed E-state index contributed by atoms with van der Waals surface area (Å²) in [7, 11) is 1.94. The van der Waals surface area contributed by atoms with Crippen molar-refractivity contribution in [2.45, 2.75) is 19.4 Å². The molecule has 7 nitrogen and oxygen atoms in total. The lowest BCUT2D eigenvalue weighted by Crippen LogP contribution is -2.25. The van der Waals surface area contributed by atoms with Crippen molar-refractivity contribution in [2.75, 3.05) is 0 Å². The summed E-state index contributed by atoms with van der Waals surface area (Å²) in [4.78, 5) is 26.1. The van der Waals surface area contributed by atoms with Crippen LogP contribution in [0.25, 0.3) is 32.0 Å². The molecule has 0 bridgehead atoms. The van der Waals surface area contributed by atoms with E-state index in [1.54, 1.807) is 12.5 Å². The van der Waals surface area contributed by atoms with E-state index in [0.717, 1.165) is 37.5 Å². The molecule has 0 saturated heterocycles. The molecule has 134 valence electrons. The lowest BCUT2D eigenvalue weighted by molar-refractivity contribution is -0.120. The third kappa shape index (κ3) is 3.13. The minimum absolute atomic E-state index is 0.145. The van der Waals surface area contributed by atoms with Gasteiger partial charge in [0.15, 0.2) is 0 Å². The first-order chi connectivity index (χ1) is 13.1. The zero-order chi connectivity index (χ0) is 19.0. The van der Waals surface area contributed by atoms with E-state index in [0.29, 0.717) is 0 Å². The highest BCUT2D eigenvalue weighted by atomic mass is 32.1. The Morgan fingerprint density at radius 2 is 2.26 bits per heavy atom. The van der Waals surface area contributed by atoms with Crippen molar-refractivity contribution in [3.05, 3.63) is 42.4 Å². The average Bonchev–Trinajstić information content (AvgIpc) is 3.25. The molecule has 1 aromatic carbocycles. The summed E-state index contributed by atoms with van der Waals surface area (Å²) in [6, 6.07) is 9.56. The molecule has 4 aromatic rings. The molecular weight excluding hydrogens is 360 g/mol. The monoisotopic (exact) mass is 376 g/mol. The number of amides is 1. The second-order valence-corrected chi connectivity index (χ2v) is 7.25. The number of carbonyl (C=O) groups is 1. The molecule has 0 saturated carbocycles. The number of hydrogen-bond donors (Lipinski definition) is 1. The van der Waals surface area contributed by atoms with E-state index in [1.807, 2.05) is 48.9 Å². The van der Waals surface area contributed by atoms with Gasteiger partial charge in [0, 0.05) is 12.6 Å². The number of imidazole rings is 1. The average molecular weight is 376 g/mol. The van der Waals surface area contributed by atoms with Gasteiger partial charge in [-0.15, -0.1) is 0 Å². The number of aryl methyl sites for hydroxylation is 1. The summed E-state index contributed by atoms with van der Waals surface area (Å²) < 4.78 is 1.95. The first kappa shape index (κ1) is 17.1. The van der Waals surface area contributed by atoms with E-state index in [-0.39, 0.29) is 18.4 Å². The highest BCUT2D eigenvalue weighted by Gasteiger charge is 2.15. The van der Waals surface area contributed by atoms with E-state index < -0.39 is 0 Å². The Kier molecular flexibility index (Phi) is 4.30. The van der Waals surface area contributed by atoms with Gasteiger partial charge in [0.25, 0.3) is 0 Å². The van der Waals surface area contributed by atoms with Crippen LogP contribution in [0.2, 0.25) is 0 Å². The van der Waals surface area contributed by atoms with Crippen LogP contribution in [-0.4, -0.2) is 25.4 Å². The third-order valence-corrected chi connectivity index (χ3v) is 5.37. The van der Waals surface area contributed by atoms with Gasteiger partial charge in [-0.05, 0) is 18.6 Å². The minimum atomic E-state index is -0.279. The summed E-state index contributed by atoms with van der Waals surface area (Å²) in [5.74, 6) is -0.279. The molecule has 0 aliphatic heterocycles. The topological polar surface area (TPSA) is 96.5 Å². The van der Waals surface area contributed by atoms with Gasteiger partial charge in [-0.3, -0.25) is 4.79 Å². The molecule has 3 heterocycles. The Hall–Kier alpha value is -3.31. The summed E-state index contributed by atoms with van der Waals surface area (Å²) in [5.41, 5.74) is 4.55. The van der Waals surface area contributed by atoms with Crippen molar-refractivity contribution < 1.29 is 4.79 Å². The summed E-state index contributed by atoms with van der Waals surface area (Å²) in [6.45, 7) is 1.90. The summed E-state index contributed by atoms with van der Waals surface area (Å²) in [5, 5.41) is 12.3. The van der Waals surface area contributed by atoms with Gasteiger partial charge >= 0.3 is 0 Å². The zero-order valence-corrected chi connectivity index (χ0v) is 15.6. The number of nitrogens with zero attached hydrogens (tertiary/aromatic N) is 5. The maximum absolute atomic E-state index is 11.7. The van der Waals surface area contributed by atoms with Crippen LogP contribution in [-0.2, 0) is 11.8 Å². The number of aromatic nitrogens is 4. The molecule has 0 fully saturated rings. The van der Waals surface area contributed by atoms with Gasteiger partial charge in [-0.25, -0.2) is 15.0 Å². The van der Waals surface area contributed by atoms with Gasteiger partial charge in [0.1, 0.15) is 27.3 Å². The standard InChI is InChI=1S/C19H16N6OS/c1-11(23-15(26)6-7-20)12-4-3-5-13(8-12)18-24-16-17-14(22-10-25(17)2)9-21-19(16)27-18/h3-5,8-11H,6H2,1-2H3,(H,23,26)/t11-/m0/s1. The molecule has 4 rings (SSSR count). The number of pyridine rings is 1. The fourth-order valence-corrected chi connectivity index (χ4v) is 3.93. The summed E-state index contributed by atoms with van der Waals surface area (Å²) in [6.07, 6.45) is 3.38. The Labute approximate surface area is 159 Å². The third-order valence-electron chi connectivity index (χ3n) is 4.35. The van der Waals surface area contributed by atoms with Crippen LogP contribution < -0.4 is 5.32 Å². The number of fused-ring (bicyclic) bond motifs is 3. The van der Waals surface area contributed by atoms with Crippen molar-refractivity contribution in [1.82, 2.24) is 24.8 Å². The molecule has 3 aromatic heterocycles. The Morgan fingerprint density at radius 1 is 1.41 bits per heavy atom. The number of rotatable bonds is 4. The predicted octanol–water partition coefficient (Wildman–Crippen LogP) is 3.34. The number of nitriles is 1. The van der Waals surface area contributed by atoms with E-state index in [1.165, 1.54) is 11.3 Å². The molecule has 0 aliphatic carbocycles. The Balaban J connectivity index is 1.71. The van der Waals surface area contributed by atoms with E-state index in [4.69, 9.17) is 10.2 Å². The summed E-state index contributed by atoms with van der Waals surface area (Å²) >= 11 is 1.53.